The van der Waals surface area contributed by atoms with Crippen LogP contribution in [-0.4, -0.2) is 25.6 Å². The van der Waals surface area contributed by atoms with Crippen molar-refractivity contribution in [1.29, 1.82) is 0 Å². The van der Waals surface area contributed by atoms with Crippen LogP contribution in [0.25, 0.3) is 0 Å². The first kappa shape index (κ1) is 17.5. The number of carbonyl (C=O) groups is 2. The van der Waals surface area contributed by atoms with Gasteiger partial charge in [0.15, 0.2) is 6.61 Å². The van der Waals surface area contributed by atoms with Crippen LogP contribution in [0.15, 0.2) is 48.5 Å². The van der Waals surface area contributed by atoms with E-state index in [-0.39, 0.29) is 18.9 Å². The van der Waals surface area contributed by atoms with Gasteiger partial charge in [0, 0.05) is 12.1 Å². The Kier molecular flexibility index (Phi) is 6.37. The molecule has 0 aliphatic rings. The summed E-state index contributed by atoms with van der Waals surface area (Å²) in [6.07, 6.45) is 0.0663. The molecule has 0 spiro atoms. The third kappa shape index (κ3) is 5.43. The van der Waals surface area contributed by atoms with Crippen molar-refractivity contribution in [2.75, 3.05) is 13.7 Å². The van der Waals surface area contributed by atoms with E-state index in [1.165, 1.54) is 0 Å². The Morgan fingerprint density at radius 2 is 1.83 bits per heavy atom. The zero-order valence-electron chi connectivity index (χ0n) is 13.9. The van der Waals surface area contributed by atoms with Crippen LogP contribution in [0, 0.1) is 6.92 Å². The molecule has 0 atom stereocenters. The SMILES string of the molecule is COc1ccc(C)cc1CC(=O)OCC(=O)NCc1ccccc1. The molecule has 0 aromatic heterocycles. The first-order valence-electron chi connectivity index (χ1n) is 7.68. The van der Waals surface area contributed by atoms with Crippen LogP contribution < -0.4 is 10.1 Å². The number of ether oxygens (including phenoxy) is 2. The second-order valence-electron chi connectivity index (χ2n) is 5.42. The van der Waals surface area contributed by atoms with Gasteiger partial charge in [-0.3, -0.25) is 9.59 Å². The van der Waals surface area contributed by atoms with Crippen molar-refractivity contribution in [3.05, 3.63) is 65.2 Å². The summed E-state index contributed by atoms with van der Waals surface area (Å²) in [4.78, 5) is 23.7. The van der Waals surface area contributed by atoms with Crippen LogP contribution >= 0.6 is 0 Å². The summed E-state index contributed by atoms with van der Waals surface area (Å²) < 4.78 is 10.3. The van der Waals surface area contributed by atoms with Gasteiger partial charge in [0.2, 0.25) is 0 Å². The van der Waals surface area contributed by atoms with E-state index in [1.807, 2.05) is 55.5 Å². The van der Waals surface area contributed by atoms with E-state index in [0.717, 1.165) is 16.7 Å². The molecule has 0 aliphatic carbocycles. The predicted octanol–water partition coefficient (Wildman–Crippen LogP) is 2.41. The molecule has 0 saturated carbocycles. The van der Waals surface area contributed by atoms with Gasteiger partial charge in [0.05, 0.1) is 13.5 Å². The van der Waals surface area contributed by atoms with Crippen LogP contribution in [-0.2, 0) is 27.3 Å². The highest BCUT2D eigenvalue weighted by Gasteiger charge is 2.12. The predicted molar refractivity (Wildman–Crippen MR) is 90.7 cm³/mol. The standard InChI is InChI=1S/C19H21NO4/c1-14-8-9-17(23-2)16(10-14)11-19(22)24-13-18(21)20-12-15-6-4-3-5-7-15/h3-10H,11-13H2,1-2H3,(H,20,21). The summed E-state index contributed by atoms with van der Waals surface area (Å²) in [5, 5.41) is 2.71. The second kappa shape index (κ2) is 8.72. The highest BCUT2D eigenvalue weighted by molar-refractivity contribution is 5.81. The van der Waals surface area contributed by atoms with E-state index in [1.54, 1.807) is 7.11 Å². The van der Waals surface area contributed by atoms with Crippen LogP contribution in [0.1, 0.15) is 16.7 Å². The number of amides is 1. The lowest BCUT2D eigenvalue weighted by Crippen LogP contribution is -2.28. The fourth-order valence-electron chi connectivity index (χ4n) is 2.25. The lowest BCUT2D eigenvalue weighted by atomic mass is 10.1. The maximum absolute atomic E-state index is 11.9. The Morgan fingerprint density at radius 3 is 2.54 bits per heavy atom. The molecule has 0 heterocycles. The summed E-state index contributed by atoms with van der Waals surface area (Å²) in [5.74, 6) is -0.164. The first-order valence-corrected chi connectivity index (χ1v) is 7.68. The normalized spacial score (nSPS) is 10.1. The van der Waals surface area contributed by atoms with Crippen LogP contribution in [0.3, 0.4) is 0 Å². The molecule has 0 aliphatic heterocycles. The van der Waals surface area contributed by atoms with Crippen LogP contribution in [0.2, 0.25) is 0 Å². The number of hydrogen-bond donors (Lipinski definition) is 1. The molecule has 1 amide bonds. The Labute approximate surface area is 141 Å². The molecule has 5 nitrogen and oxygen atoms in total. The van der Waals surface area contributed by atoms with Gasteiger partial charge in [0.25, 0.3) is 5.91 Å². The van der Waals surface area contributed by atoms with Crippen molar-refractivity contribution in [2.24, 2.45) is 0 Å². The van der Waals surface area contributed by atoms with E-state index in [4.69, 9.17) is 9.47 Å². The number of rotatable bonds is 7. The zero-order valence-corrected chi connectivity index (χ0v) is 13.9. The molecule has 1 N–H and O–H groups in total. The van der Waals surface area contributed by atoms with E-state index in [0.29, 0.717) is 12.3 Å². The molecule has 0 saturated heterocycles. The maximum Gasteiger partial charge on any atom is 0.310 e. The molecule has 0 bridgehead atoms. The summed E-state index contributed by atoms with van der Waals surface area (Å²) >= 11 is 0. The molecule has 0 fully saturated rings. The fraction of sp³-hybridized carbons (Fsp3) is 0.263. The number of carbonyl (C=O) groups excluding carboxylic acids is 2. The zero-order chi connectivity index (χ0) is 17.4. The number of aryl methyl sites for hydroxylation is 1. The van der Waals surface area contributed by atoms with Gasteiger partial charge in [-0.25, -0.2) is 0 Å². The minimum absolute atomic E-state index is 0.0663. The molecule has 5 heteroatoms. The van der Waals surface area contributed by atoms with Gasteiger partial charge in [-0.15, -0.1) is 0 Å². The molecule has 2 aromatic rings. The highest BCUT2D eigenvalue weighted by Crippen LogP contribution is 2.20. The summed E-state index contributed by atoms with van der Waals surface area (Å²) in [6, 6.07) is 15.1. The third-order valence-electron chi connectivity index (χ3n) is 3.47. The van der Waals surface area contributed by atoms with Gasteiger partial charge in [-0.2, -0.15) is 0 Å². The summed E-state index contributed by atoms with van der Waals surface area (Å²) in [5.41, 5.74) is 2.76. The number of methoxy groups -OCH3 is 1. The minimum Gasteiger partial charge on any atom is -0.496 e. The Bertz CT molecular complexity index is 698. The topological polar surface area (TPSA) is 64.6 Å². The van der Waals surface area contributed by atoms with E-state index >= 15 is 0 Å². The smallest absolute Gasteiger partial charge is 0.310 e. The molecular formula is C19H21NO4. The fourth-order valence-corrected chi connectivity index (χ4v) is 2.25. The van der Waals surface area contributed by atoms with Crippen molar-refractivity contribution < 1.29 is 19.1 Å². The molecular weight excluding hydrogens is 306 g/mol. The summed E-state index contributed by atoms with van der Waals surface area (Å²) in [7, 11) is 1.55. The van der Waals surface area contributed by atoms with Crippen LogP contribution in [0.4, 0.5) is 0 Å². The number of hydrogen-bond acceptors (Lipinski definition) is 4. The molecule has 24 heavy (non-hydrogen) atoms. The van der Waals surface area contributed by atoms with Gasteiger partial charge in [0.1, 0.15) is 5.75 Å². The largest absolute Gasteiger partial charge is 0.496 e. The van der Waals surface area contributed by atoms with Crippen molar-refractivity contribution >= 4 is 11.9 Å². The van der Waals surface area contributed by atoms with Gasteiger partial charge >= 0.3 is 5.97 Å². The van der Waals surface area contributed by atoms with E-state index < -0.39 is 5.97 Å². The molecule has 2 rings (SSSR count). The van der Waals surface area contributed by atoms with Crippen molar-refractivity contribution in [3.8, 4) is 5.75 Å². The summed E-state index contributed by atoms with van der Waals surface area (Å²) in [6.45, 7) is 2.05. The Balaban J connectivity index is 1.78. The number of esters is 1. The quantitative estimate of drug-likeness (QED) is 0.793. The van der Waals surface area contributed by atoms with E-state index in [2.05, 4.69) is 5.32 Å². The number of benzene rings is 2. The van der Waals surface area contributed by atoms with Crippen LogP contribution in [0.5, 0.6) is 5.75 Å². The molecule has 0 unspecified atom stereocenters. The minimum atomic E-state index is -0.464. The third-order valence-corrected chi connectivity index (χ3v) is 3.47. The van der Waals surface area contributed by atoms with Crippen molar-refractivity contribution in [3.63, 3.8) is 0 Å². The molecule has 2 aromatic carbocycles. The van der Waals surface area contributed by atoms with Crippen molar-refractivity contribution in [1.82, 2.24) is 5.32 Å². The Hall–Kier alpha value is -2.82. The number of nitrogens with one attached hydrogen (secondary N) is 1. The first-order chi connectivity index (χ1) is 11.6. The van der Waals surface area contributed by atoms with Gasteiger partial charge < -0.3 is 14.8 Å². The van der Waals surface area contributed by atoms with Crippen molar-refractivity contribution in [2.45, 2.75) is 19.9 Å². The van der Waals surface area contributed by atoms with E-state index in [9.17, 15) is 9.59 Å². The molecule has 126 valence electrons. The average Bonchev–Trinajstić information content (AvgIpc) is 2.59. The Morgan fingerprint density at radius 1 is 1.08 bits per heavy atom. The second-order valence-corrected chi connectivity index (χ2v) is 5.42. The van der Waals surface area contributed by atoms with Gasteiger partial charge in [-0.05, 0) is 18.6 Å². The lowest BCUT2D eigenvalue weighted by molar-refractivity contribution is -0.147. The van der Waals surface area contributed by atoms with Gasteiger partial charge in [-0.1, -0.05) is 48.0 Å². The lowest BCUT2D eigenvalue weighted by Gasteiger charge is -2.10. The average molecular weight is 327 g/mol. The highest BCUT2D eigenvalue weighted by atomic mass is 16.5. The maximum atomic E-state index is 11.9. The monoisotopic (exact) mass is 327 g/mol. The molecule has 0 radical (unpaired) electrons.